The molecular weight excluding hydrogens is 488 g/mol. The second-order valence-electron chi connectivity index (χ2n) is 9.22. The Kier molecular flexibility index (Phi) is 7.58. The number of nitrogens with one attached hydrogen (secondary N) is 1. The number of fused-ring (bicyclic) bond motifs is 1. The molecule has 3 aromatic rings. The molecular formula is C29H28N2O5S. The quantitative estimate of drug-likeness (QED) is 0.382. The van der Waals surface area contributed by atoms with E-state index in [1.54, 1.807) is 54.2 Å². The Labute approximate surface area is 220 Å². The van der Waals surface area contributed by atoms with Crippen molar-refractivity contribution in [3.05, 3.63) is 89.0 Å². The molecule has 0 aromatic heterocycles. The first-order valence-corrected chi connectivity index (χ1v) is 13.4. The number of hydrogen-bond donors (Lipinski definition) is 1. The summed E-state index contributed by atoms with van der Waals surface area (Å²) in [6.45, 7) is 2.99. The SMILES string of the molecule is Cc1ccc(CSCC(=O)Nc2cccc(Oc3ccc4c(c3)C(=O)N(CC3CCCO3)C4=O)c2)cc1. The van der Waals surface area contributed by atoms with Crippen LogP contribution in [0.4, 0.5) is 5.69 Å². The Balaban J connectivity index is 1.18. The molecule has 3 amide bonds. The average molecular weight is 517 g/mol. The molecule has 0 saturated carbocycles. The first-order chi connectivity index (χ1) is 18.0. The molecule has 2 aliphatic rings. The van der Waals surface area contributed by atoms with E-state index in [4.69, 9.17) is 9.47 Å². The Morgan fingerprint density at radius 3 is 2.59 bits per heavy atom. The van der Waals surface area contributed by atoms with Gasteiger partial charge < -0.3 is 14.8 Å². The summed E-state index contributed by atoms with van der Waals surface area (Å²) in [5, 5.41) is 2.90. The minimum atomic E-state index is -0.329. The van der Waals surface area contributed by atoms with Crippen molar-refractivity contribution in [2.24, 2.45) is 0 Å². The molecule has 1 fully saturated rings. The molecule has 37 heavy (non-hydrogen) atoms. The van der Waals surface area contributed by atoms with Crippen LogP contribution in [0, 0.1) is 6.92 Å². The highest BCUT2D eigenvalue weighted by atomic mass is 32.2. The maximum absolute atomic E-state index is 12.9. The molecule has 8 heteroatoms. The summed E-state index contributed by atoms with van der Waals surface area (Å²) in [6, 6.07) is 20.3. The lowest BCUT2D eigenvalue weighted by Gasteiger charge is -2.17. The molecule has 2 heterocycles. The van der Waals surface area contributed by atoms with Crippen LogP contribution in [0.25, 0.3) is 0 Å². The minimum absolute atomic E-state index is 0.0952. The van der Waals surface area contributed by atoms with Crippen LogP contribution >= 0.6 is 11.8 Å². The van der Waals surface area contributed by atoms with Crippen molar-refractivity contribution >= 4 is 35.2 Å². The second-order valence-corrected chi connectivity index (χ2v) is 10.2. The van der Waals surface area contributed by atoms with Gasteiger partial charge in [-0.1, -0.05) is 35.9 Å². The van der Waals surface area contributed by atoms with E-state index in [0.717, 1.165) is 18.6 Å². The van der Waals surface area contributed by atoms with Crippen LogP contribution in [0.3, 0.4) is 0 Å². The van der Waals surface area contributed by atoms with Gasteiger partial charge in [0.05, 0.1) is 29.5 Å². The van der Waals surface area contributed by atoms with E-state index in [1.807, 2.05) is 6.92 Å². The van der Waals surface area contributed by atoms with Crippen LogP contribution < -0.4 is 10.1 Å². The van der Waals surface area contributed by atoms with Crippen molar-refractivity contribution in [2.75, 3.05) is 24.2 Å². The summed E-state index contributed by atoms with van der Waals surface area (Å²) in [5.41, 5.74) is 3.72. The smallest absolute Gasteiger partial charge is 0.261 e. The fraction of sp³-hybridized carbons (Fsp3) is 0.276. The predicted octanol–water partition coefficient (Wildman–Crippen LogP) is 5.43. The summed E-state index contributed by atoms with van der Waals surface area (Å²) >= 11 is 1.55. The van der Waals surface area contributed by atoms with Crippen LogP contribution in [-0.4, -0.2) is 47.6 Å². The monoisotopic (exact) mass is 516 g/mol. The van der Waals surface area contributed by atoms with E-state index < -0.39 is 0 Å². The van der Waals surface area contributed by atoms with Gasteiger partial charge in [-0.15, -0.1) is 11.8 Å². The number of ether oxygens (including phenoxy) is 2. The summed E-state index contributed by atoms with van der Waals surface area (Å²) in [5.74, 6) is 1.33. The van der Waals surface area contributed by atoms with Crippen LogP contribution in [0.1, 0.15) is 44.7 Å². The Morgan fingerprint density at radius 1 is 1.03 bits per heavy atom. The molecule has 3 aromatic carbocycles. The van der Waals surface area contributed by atoms with Gasteiger partial charge in [0.25, 0.3) is 11.8 Å². The summed E-state index contributed by atoms with van der Waals surface area (Å²) in [4.78, 5) is 39.3. The zero-order chi connectivity index (χ0) is 25.8. The number of rotatable bonds is 9. The highest BCUT2D eigenvalue weighted by Gasteiger charge is 2.37. The van der Waals surface area contributed by atoms with E-state index in [1.165, 1.54) is 16.0 Å². The van der Waals surface area contributed by atoms with Gasteiger partial charge in [-0.2, -0.15) is 0 Å². The number of carbonyl (C=O) groups excluding carboxylic acids is 3. The van der Waals surface area contributed by atoms with Crippen molar-refractivity contribution in [3.63, 3.8) is 0 Å². The van der Waals surface area contributed by atoms with E-state index in [0.29, 0.717) is 40.7 Å². The normalized spacial score (nSPS) is 16.7. The Bertz CT molecular complexity index is 1320. The number of thioether (sulfide) groups is 1. The standard InChI is InChI=1S/C29H28N2O5S/c1-19-7-9-20(10-8-19)17-37-18-27(32)30-21-4-2-5-22(14-21)36-23-11-12-25-26(15-23)29(34)31(28(25)33)16-24-6-3-13-35-24/h2,4-5,7-12,14-15,24H,3,6,13,16-18H2,1H3,(H,30,32). The number of benzene rings is 3. The number of carbonyl (C=O) groups is 3. The number of imide groups is 1. The molecule has 1 N–H and O–H groups in total. The maximum atomic E-state index is 12.9. The number of nitrogens with zero attached hydrogens (tertiary/aromatic N) is 1. The molecule has 1 saturated heterocycles. The van der Waals surface area contributed by atoms with E-state index in [2.05, 4.69) is 29.6 Å². The number of hydrogen-bond acceptors (Lipinski definition) is 6. The first kappa shape index (κ1) is 25.0. The number of aryl methyl sites for hydroxylation is 1. The Hall–Kier alpha value is -3.62. The van der Waals surface area contributed by atoms with Gasteiger partial charge >= 0.3 is 0 Å². The molecule has 2 aliphatic heterocycles. The lowest BCUT2D eigenvalue weighted by molar-refractivity contribution is -0.113. The molecule has 0 spiro atoms. The first-order valence-electron chi connectivity index (χ1n) is 12.3. The van der Waals surface area contributed by atoms with E-state index >= 15 is 0 Å². The van der Waals surface area contributed by atoms with E-state index in [-0.39, 0.29) is 30.4 Å². The minimum Gasteiger partial charge on any atom is -0.457 e. The maximum Gasteiger partial charge on any atom is 0.261 e. The zero-order valence-corrected chi connectivity index (χ0v) is 21.4. The average Bonchev–Trinajstić information content (AvgIpc) is 3.48. The van der Waals surface area contributed by atoms with Gasteiger partial charge in [-0.25, -0.2) is 0 Å². The van der Waals surface area contributed by atoms with E-state index in [9.17, 15) is 14.4 Å². The number of amides is 3. The molecule has 7 nitrogen and oxygen atoms in total. The van der Waals surface area contributed by atoms with Gasteiger partial charge in [0, 0.05) is 24.1 Å². The molecule has 190 valence electrons. The van der Waals surface area contributed by atoms with Crippen molar-refractivity contribution in [1.82, 2.24) is 4.90 Å². The third-order valence-corrected chi connectivity index (χ3v) is 7.33. The Morgan fingerprint density at radius 2 is 1.81 bits per heavy atom. The third-order valence-electron chi connectivity index (χ3n) is 6.33. The summed E-state index contributed by atoms with van der Waals surface area (Å²) in [6.07, 6.45) is 1.69. The zero-order valence-electron chi connectivity index (χ0n) is 20.6. The lowest BCUT2D eigenvalue weighted by Crippen LogP contribution is -2.36. The van der Waals surface area contributed by atoms with Gasteiger partial charge in [-0.3, -0.25) is 19.3 Å². The summed E-state index contributed by atoms with van der Waals surface area (Å²) < 4.78 is 11.6. The van der Waals surface area contributed by atoms with Crippen molar-refractivity contribution in [2.45, 2.75) is 31.6 Å². The highest BCUT2D eigenvalue weighted by molar-refractivity contribution is 7.99. The van der Waals surface area contributed by atoms with Crippen molar-refractivity contribution in [3.8, 4) is 11.5 Å². The van der Waals surface area contributed by atoms with Gasteiger partial charge in [0.1, 0.15) is 11.5 Å². The molecule has 1 atom stereocenters. The number of anilines is 1. The fourth-order valence-electron chi connectivity index (χ4n) is 4.41. The van der Waals surface area contributed by atoms with Crippen molar-refractivity contribution in [1.29, 1.82) is 0 Å². The highest BCUT2D eigenvalue weighted by Crippen LogP contribution is 2.31. The van der Waals surface area contributed by atoms with Gasteiger partial charge in [0.2, 0.25) is 5.91 Å². The fourth-order valence-corrected chi connectivity index (χ4v) is 5.20. The molecule has 0 radical (unpaired) electrons. The lowest BCUT2D eigenvalue weighted by atomic mass is 10.1. The van der Waals surface area contributed by atoms with Crippen LogP contribution in [0.15, 0.2) is 66.7 Å². The van der Waals surface area contributed by atoms with Gasteiger partial charge in [-0.05, 0) is 55.7 Å². The second kappa shape index (κ2) is 11.2. The van der Waals surface area contributed by atoms with Crippen molar-refractivity contribution < 1.29 is 23.9 Å². The molecule has 1 unspecified atom stereocenters. The molecule has 0 bridgehead atoms. The van der Waals surface area contributed by atoms with Crippen LogP contribution in [-0.2, 0) is 15.3 Å². The largest absolute Gasteiger partial charge is 0.457 e. The third kappa shape index (κ3) is 6.03. The predicted molar refractivity (Wildman–Crippen MR) is 143 cm³/mol. The summed E-state index contributed by atoms with van der Waals surface area (Å²) in [7, 11) is 0. The topological polar surface area (TPSA) is 84.9 Å². The van der Waals surface area contributed by atoms with Crippen LogP contribution in [0.5, 0.6) is 11.5 Å². The van der Waals surface area contributed by atoms with Gasteiger partial charge in [0.15, 0.2) is 0 Å². The molecule has 5 rings (SSSR count). The van der Waals surface area contributed by atoms with Crippen LogP contribution in [0.2, 0.25) is 0 Å². The molecule has 0 aliphatic carbocycles.